The number of nitrogens with one attached hydrogen (secondary N) is 1. The van der Waals surface area contributed by atoms with E-state index in [1.54, 1.807) is 0 Å². The van der Waals surface area contributed by atoms with E-state index in [2.05, 4.69) is 24.4 Å². The van der Waals surface area contributed by atoms with Gasteiger partial charge in [-0.3, -0.25) is 4.79 Å². The van der Waals surface area contributed by atoms with Gasteiger partial charge < -0.3 is 10.4 Å². The highest BCUT2D eigenvalue weighted by Gasteiger charge is 2.50. The lowest BCUT2D eigenvalue weighted by Gasteiger charge is -2.28. The van der Waals surface area contributed by atoms with Gasteiger partial charge in [0.1, 0.15) is 0 Å². The van der Waals surface area contributed by atoms with E-state index < -0.39 is 5.97 Å². The van der Waals surface area contributed by atoms with Gasteiger partial charge in [0.15, 0.2) is 0 Å². The smallest absolute Gasteiger partial charge is 0.308 e. The molecule has 3 rings (SSSR count). The standard InChI is InChI=1S/C15H21NO2S/c1-2-11-5-6-12(19-11)8-16-14-10-4-3-9(7-10)13(14)15(17)18/h5-6,9-10,13-14,16H,2-4,7-8H2,1H3,(H,17,18). The van der Waals surface area contributed by atoms with Crippen molar-refractivity contribution in [3.8, 4) is 0 Å². The summed E-state index contributed by atoms with van der Waals surface area (Å²) in [4.78, 5) is 14.2. The van der Waals surface area contributed by atoms with E-state index in [1.807, 2.05) is 11.3 Å². The number of carboxylic acid groups (broad SMARTS) is 1. The number of carbonyl (C=O) groups is 1. The Kier molecular flexibility index (Phi) is 3.63. The number of aliphatic carboxylic acids is 1. The molecule has 2 fully saturated rings. The molecule has 0 aliphatic heterocycles. The SMILES string of the molecule is CCc1ccc(CNC2C3CCC(C3)C2C(=O)O)s1. The highest BCUT2D eigenvalue weighted by molar-refractivity contribution is 7.11. The highest BCUT2D eigenvalue weighted by atomic mass is 32.1. The molecular weight excluding hydrogens is 258 g/mol. The molecular formula is C15H21NO2S. The molecule has 2 N–H and O–H groups in total. The van der Waals surface area contributed by atoms with Crippen LogP contribution in [-0.4, -0.2) is 17.1 Å². The second kappa shape index (κ2) is 5.25. The molecule has 1 aromatic heterocycles. The zero-order chi connectivity index (χ0) is 13.4. The number of aryl methyl sites for hydroxylation is 1. The summed E-state index contributed by atoms with van der Waals surface area (Å²) >= 11 is 1.84. The van der Waals surface area contributed by atoms with Gasteiger partial charge >= 0.3 is 5.97 Å². The second-order valence-electron chi connectivity index (χ2n) is 5.83. The van der Waals surface area contributed by atoms with Gasteiger partial charge in [-0.15, -0.1) is 11.3 Å². The van der Waals surface area contributed by atoms with Crippen LogP contribution in [0.15, 0.2) is 12.1 Å². The molecule has 1 heterocycles. The Morgan fingerprint density at radius 1 is 1.37 bits per heavy atom. The molecule has 4 atom stereocenters. The zero-order valence-corrected chi connectivity index (χ0v) is 12.1. The summed E-state index contributed by atoms with van der Waals surface area (Å²) in [5.41, 5.74) is 0. The maximum absolute atomic E-state index is 11.4. The second-order valence-corrected chi connectivity index (χ2v) is 7.08. The summed E-state index contributed by atoms with van der Waals surface area (Å²) < 4.78 is 0. The Morgan fingerprint density at radius 3 is 2.79 bits per heavy atom. The Bertz CT molecular complexity index is 470. The summed E-state index contributed by atoms with van der Waals surface area (Å²) in [6.45, 7) is 2.99. The Balaban J connectivity index is 1.64. The normalized spacial score (nSPS) is 32.9. The van der Waals surface area contributed by atoms with Gasteiger partial charge in [0.25, 0.3) is 0 Å². The summed E-state index contributed by atoms with van der Waals surface area (Å²) in [6, 6.07) is 4.53. The number of thiophene rings is 1. The minimum absolute atomic E-state index is 0.163. The van der Waals surface area contributed by atoms with Crippen molar-refractivity contribution < 1.29 is 9.90 Å². The number of rotatable bonds is 5. The molecule has 4 unspecified atom stereocenters. The molecule has 2 aliphatic carbocycles. The molecule has 1 aromatic rings. The van der Waals surface area contributed by atoms with Crippen LogP contribution in [0.25, 0.3) is 0 Å². The van der Waals surface area contributed by atoms with Gasteiger partial charge in [-0.2, -0.15) is 0 Å². The molecule has 2 bridgehead atoms. The van der Waals surface area contributed by atoms with E-state index in [0.717, 1.165) is 25.8 Å². The van der Waals surface area contributed by atoms with Crippen LogP contribution in [-0.2, 0) is 17.8 Å². The van der Waals surface area contributed by atoms with E-state index >= 15 is 0 Å². The first-order chi connectivity index (χ1) is 9.19. The average molecular weight is 279 g/mol. The van der Waals surface area contributed by atoms with Crippen LogP contribution < -0.4 is 5.32 Å². The number of carboxylic acids is 1. The van der Waals surface area contributed by atoms with Crippen molar-refractivity contribution in [2.24, 2.45) is 17.8 Å². The first-order valence-electron chi connectivity index (χ1n) is 7.22. The van der Waals surface area contributed by atoms with Crippen molar-refractivity contribution in [3.63, 3.8) is 0 Å². The van der Waals surface area contributed by atoms with Crippen molar-refractivity contribution >= 4 is 17.3 Å². The molecule has 0 spiro atoms. The third-order valence-corrected chi connectivity index (χ3v) is 6.01. The highest BCUT2D eigenvalue weighted by Crippen LogP contribution is 2.48. The maximum Gasteiger partial charge on any atom is 0.308 e. The molecule has 2 saturated carbocycles. The molecule has 3 nitrogen and oxygen atoms in total. The molecule has 19 heavy (non-hydrogen) atoms. The fourth-order valence-electron chi connectivity index (χ4n) is 3.87. The summed E-state index contributed by atoms with van der Waals surface area (Å²) in [7, 11) is 0. The van der Waals surface area contributed by atoms with Crippen molar-refractivity contribution in [1.82, 2.24) is 5.32 Å². The van der Waals surface area contributed by atoms with Gasteiger partial charge in [0.2, 0.25) is 0 Å². The van der Waals surface area contributed by atoms with Crippen LogP contribution in [0.5, 0.6) is 0 Å². The van der Waals surface area contributed by atoms with Crippen LogP contribution in [0.1, 0.15) is 35.9 Å². The molecule has 0 aromatic carbocycles. The molecule has 104 valence electrons. The third kappa shape index (κ3) is 2.43. The van der Waals surface area contributed by atoms with E-state index in [9.17, 15) is 9.90 Å². The molecule has 0 saturated heterocycles. The number of hydrogen-bond donors (Lipinski definition) is 2. The summed E-state index contributed by atoms with van der Waals surface area (Å²) in [6.07, 6.45) is 4.51. The van der Waals surface area contributed by atoms with Crippen LogP contribution in [0, 0.1) is 17.8 Å². The van der Waals surface area contributed by atoms with E-state index in [-0.39, 0.29) is 12.0 Å². The van der Waals surface area contributed by atoms with Crippen molar-refractivity contribution in [3.05, 3.63) is 21.9 Å². The van der Waals surface area contributed by atoms with Gasteiger partial charge in [0.05, 0.1) is 5.92 Å². The van der Waals surface area contributed by atoms with Gasteiger partial charge in [-0.1, -0.05) is 6.92 Å². The third-order valence-electron chi connectivity index (χ3n) is 4.78. The fourth-order valence-corrected chi connectivity index (χ4v) is 4.77. The van der Waals surface area contributed by atoms with Crippen LogP contribution in [0.2, 0.25) is 0 Å². The zero-order valence-electron chi connectivity index (χ0n) is 11.3. The van der Waals surface area contributed by atoms with Gasteiger partial charge in [-0.25, -0.2) is 0 Å². The minimum Gasteiger partial charge on any atom is -0.481 e. The summed E-state index contributed by atoms with van der Waals surface area (Å²) in [5.74, 6) is 0.223. The topological polar surface area (TPSA) is 49.3 Å². The van der Waals surface area contributed by atoms with Crippen LogP contribution >= 0.6 is 11.3 Å². The van der Waals surface area contributed by atoms with Gasteiger partial charge in [0, 0.05) is 22.3 Å². The quantitative estimate of drug-likeness (QED) is 0.871. The van der Waals surface area contributed by atoms with Crippen molar-refractivity contribution in [2.45, 2.75) is 45.2 Å². The Labute approximate surface area is 118 Å². The molecule has 0 radical (unpaired) electrons. The molecule has 0 amide bonds. The average Bonchev–Trinajstić information content (AvgIpc) is 3.10. The minimum atomic E-state index is -0.606. The van der Waals surface area contributed by atoms with Crippen LogP contribution in [0.4, 0.5) is 0 Å². The van der Waals surface area contributed by atoms with E-state index in [1.165, 1.54) is 16.2 Å². The maximum atomic E-state index is 11.4. The summed E-state index contributed by atoms with van der Waals surface area (Å²) in [5, 5.41) is 12.9. The predicted molar refractivity (Wildman–Crippen MR) is 76.3 cm³/mol. The van der Waals surface area contributed by atoms with Crippen molar-refractivity contribution in [1.29, 1.82) is 0 Å². The monoisotopic (exact) mass is 279 g/mol. The van der Waals surface area contributed by atoms with Crippen molar-refractivity contribution in [2.75, 3.05) is 0 Å². The lowest BCUT2D eigenvalue weighted by atomic mass is 9.84. The first kappa shape index (κ1) is 13.1. The number of hydrogen-bond acceptors (Lipinski definition) is 3. The largest absolute Gasteiger partial charge is 0.481 e. The number of fused-ring (bicyclic) bond motifs is 2. The van der Waals surface area contributed by atoms with Crippen LogP contribution in [0.3, 0.4) is 0 Å². The Hall–Kier alpha value is -0.870. The predicted octanol–water partition coefficient (Wildman–Crippen LogP) is 2.90. The lowest BCUT2D eigenvalue weighted by molar-refractivity contribution is -0.144. The Morgan fingerprint density at radius 2 is 2.11 bits per heavy atom. The van der Waals surface area contributed by atoms with Gasteiger partial charge in [-0.05, 0) is 49.7 Å². The van der Waals surface area contributed by atoms with E-state index in [0.29, 0.717) is 11.8 Å². The molecule has 2 aliphatic rings. The molecule has 4 heteroatoms. The van der Waals surface area contributed by atoms with E-state index in [4.69, 9.17) is 0 Å². The first-order valence-corrected chi connectivity index (χ1v) is 8.04. The fraction of sp³-hybridized carbons (Fsp3) is 0.667. The lowest BCUT2D eigenvalue weighted by Crippen LogP contribution is -2.43.